The lowest BCUT2D eigenvalue weighted by molar-refractivity contribution is 0.0989. The molecule has 0 unspecified atom stereocenters. The van der Waals surface area contributed by atoms with Gasteiger partial charge >= 0.3 is 0 Å². The fourth-order valence-corrected chi connectivity index (χ4v) is 2.67. The molecule has 90 valence electrons. The number of rotatable bonds is 2. The molecule has 4 nitrogen and oxygen atoms in total. The van der Waals surface area contributed by atoms with E-state index in [1.54, 1.807) is 13.0 Å². The van der Waals surface area contributed by atoms with Gasteiger partial charge in [0.15, 0.2) is 11.5 Å². The first-order valence-corrected chi connectivity index (χ1v) is 7.10. The average Bonchev–Trinajstić information content (AvgIpc) is 2.61. The van der Waals surface area contributed by atoms with Gasteiger partial charge in [-0.2, -0.15) is 0 Å². The van der Waals surface area contributed by atoms with Gasteiger partial charge in [-0.15, -0.1) is 0 Å². The smallest absolute Gasteiger partial charge is 0.262 e. The minimum absolute atomic E-state index is 0.0454. The van der Waals surface area contributed by atoms with Crippen molar-refractivity contribution in [1.82, 2.24) is 0 Å². The lowest BCUT2D eigenvalue weighted by atomic mass is 10.2. The number of furan rings is 1. The Bertz CT molecular complexity index is 712. The van der Waals surface area contributed by atoms with E-state index in [9.17, 15) is 13.2 Å². The average molecular weight is 273 g/mol. The fourth-order valence-electron chi connectivity index (χ4n) is 1.62. The molecular formula is C11H9ClO4S. The highest BCUT2D eigenvalue weighted by atomic mass is 35.7. The predicted octanol–water partition coefficient (Wildman–Crippen LogP) is 2.87. The molecule has 0 N–H and O–H groups in total. The Labute approximate surface area is 103 Å². The van der Waals surface area contributed by atoms with Crippen molar-refractivity contribution in [1.29, 1.82) is 0 Å². The molecule has 0 saturated carbocycles. The maximum atomic E-state index is 11.4. The van der Waals surface area contributed by atoms with E-state index in [-0.39, 0.29) is 16.4 Å². The van der Waals surface area contributed by atoms with Crippen molar-refractivity contribution in [2.75, 3.05) is 0 Å². The van der Waals surface area contributed by atoms with Crippen LogP contribution >= 0.6 is 10.7 Å². The summed E-state index contributed by atoms with van der Waals surface area (Å²) in [5, 5.41) is 0.338. The molecule has 0 aliphatic rings. The second kappa shape index (κ2) is 3.85. The molecule has 0 fully saturated rings. The molecule has 0 radical (unpaired) electrons. The summed E-state index contributed by atoms with van der Waals surface area (Å²) in [6.07, 6.45) is 0. The van der Waals surface area contributed by atoms with Crippen LogP contribution in [0.25, 0.3) is 11.0 Å². The van der Waals surface area contributed by atoms with Crippen LogP contribution in [0.2, 0.25) is 0 Å². The van der Waals surface area contributed by atoms with Crippen LogP contribution in [0.4, 0.5) is 0 Å². The Kier molecular flexibility index (Phi) is 2.75. The minimum atomic E-state index is -3.86. The molecule has 17 heavy (non-hydrogen) atoms. The van der Waals surface area contributed by atoms with Gasteiger partial charge in [-0.1, -0.05) is 6.07 Å². The Morgan fingerprint density at radius 2 is 2.00 bits per heavy atom. The molecule has 0 saturated heterocycles. The van der Waals surface area contributed by atoms with Crippen LogP contribution in [0.1, 0.15) is 23.0 Å². The third kappa shape index (κ3) is 2.08. The molecule has 0 amide bonds. The van der Waals surface area contributed by atoms with Gasteiger partial charge in [0.2, 0.25) is 0 Å². The quantitative estimate of drug-likeness (QED) is 0.623. The SMILES string of the molecule is CC(=O)c1cc2c(S(=O)(=O)Cl)ccc(C)c2o1. The van der Waals surface area contributed by atoms with Crippen LogP contribution in [0.5, 0.6) is 0 Å². The topological polar surface area (TPSA) is 64.3 Å². The Hall–Kier alpha value is -1.33. The van der Waals surface area contributed by atoms with Crippen LogP contribution in [-0.2, 0) is 9.05 Å². The highest BCUT2D eigenvalue weighted by Crippen LogP contribution is 2.31. The van der Waals surface area contributed by atoms with E-state index < -0.39 is 9.05 Å². The highest BCUT2D eigenvalue weighted by molar-refractivity contribution is 8.14. The van der Waals surface area contributed by atoms with Crippen LogP contribution in [-0.4, -0.2) is 14.2 Å². The molecule has 0 aliphatic heterocycles. The van der Waals surface area contributed by atoms with Crippen molar-refractivity contribution >= 4 is 36.5 Å². The maximum Gasteiger partial charge on any atom is 0.262 e. The van der Waals surface area contributed by atoms with E-state index in [1.807, 2.05) is 0 Å². The summed E-state index contributed by atoms with van der Waals surface area (Å²) < 4.78 is 28.1. The number of carbonyl (C=O) groups excluding carboxylic acids is 1. The van der Waals surface area contributed by atoms with Crippen LogP contribution in [0, 0.1) is 6.92 Å². The van der Waals surface area contributed by atoms with Gasteiger partial charge in [-0.05, 0) is 24.6 Å². The van der Waals surface area contributed by atoms with Crippen molar-refractivity contribution in [3.05, 3.63) is 29.5 Å². The van der Waals surface area contributed by atoms with Crippen molar-refractivity contribution < 1.29 is 17.6 Å². The highest BCUT2D eigenvalue weighted by Gasteiger charge is 2.19. The number of hydrogen-bond donors (Lipinski definition) is 0. The van der Waals surface area contributed by atoms with Crippen LogP contribution in [0.15, 0.2) is 27.5 Å². The zero-order chi connectivity index (χ0) is 12.8. The Morgan fingerprint density at radius 3 is 2.53 bits per heavy atom. The number of Topliss-reactive ketones (excluding diaryl/α,β-unsaturated/α-hetero) is 1. The number of aryl methyl sites for hydroxylation is 1. The Balaban J connectivity index is 2.90. The summed E-state index contributed by atoms with van der Waals surface area (Å²) in [6, 6.07) is 4.39. The van der Waals surface area contributed by atoms with Crippen molar-refractivity contribution in [2.24, 2.45) is 0 Å². The van der Waals surface area contributed by atoms with Gasteiger partial charge in [-0.3, -0.25) is 4.79 Å². The van der Waals surface area contributed by atoms with Gasteiger partial charge in [0.25, 0.3) is 9.05 Å². The summed E-state index contributed by atoms with van der Waals surface area (Å²) in [7, 11) is 1.47. The zero-order valence-corrected chi connectivity index (χ0v) is 10.7. The van der Waals surface area contributed by atoms with Crippen molar-refractivity contribution in [3.8, 4) is 0 Å². The molecule has 2 rings (SSSR count). The van der Waals surface area contributed by atoms with E-state index >= 15 is 0 Å². The summed E-state index contributed by atoms with van der Waals surface area (Å²) >= 11 is 0. The van der Waals surface area contributed by atoms with Gasteiger partial charge < -0.3 is 4.42 Å². The summed E-state index contributed by atoms with van der Waals surface area (Å²) in [4.78, 5) is 11.2. The normalized spacial score (nSPS) is 11.9. The van der Waals surface area contributed by atoms with Gasteiger partial charge in [0.1, 0.15) is 5.58 Å². The molecular weight excluding hydrogens is 264 g/mol. The number of benzene rings is 1. The van der Waals surface area contributed by atoms with E-state index in [0.717, 1.165) is 5.56 Å². The van der Waals surface area contributed by atoms with Gasteiger partial charge in [0, 0.05) is 23.0 Å². The number of ketones is 1. The van der Waals surface area contributed by atoms with E-state index in [4.69, 9.17) is 15.1 Å². The molecule has 6 heteroatoms. The molecule has 1 aromatic carbocycles. The van der Waals surface area contributed by atoms with E-state index in [1.165, 1.54) is 19.1 Å². The summed E-state index contributed by atoms with van der Waals surface area (Å²) in [5.74, 6) is -0.144. The van der Waals surface area contributed by atoms with Crippen molar-refractivity contribution in [2.45, 2.75) is 18.7 Å². The molecule has 0 spiro atoms. The monoisotopic (exact) mass is 272 g/mol. The number of halogens is 1. The van der Waals surface area contributed by atoms with Crippen LogP contribution < -0.4 is 0 Å². The second-order valence-corrected chi connectivity index (χ2v) is 6.26. The standard InChI is InChI=1S/C11H9ClO4S/c1-6-3-4-10(17(12,14)15)8-5-9(7(2)13)16-11(6)8/h3-5H,1-2H3. The largest absolute Gasteiger partial charge is 0.453 e. The van der Waals surface area contributed by atoms with E-state index in [0.29, 0.717) is 11.0 Å². The fraction of sp³-hybridized carbons (Fsp3) is 0.182. The van der Waals surface area contributed by atoms with Gasteiger partial charge in [0.05, 0.1) is 4.90 Å². The molecule has 1 aromatic heterocycles. The molecule has 2 aromatic rings. The predicted molar refractivity (Wildman–Crippen MR) is 64.0 cm³/mol. The van der Waals surface area contributed by atoms with E-state index in [2.05, 4.69) is 0 Å². The molecule has 1 heterocycles. The molecule has 0 atom stereocenters. The zero-order valence-electron chi connectivity index (χ0n) is 9.15. The lowest BCUT2D eigenvalue weighted by Crippen LogP contribution is -1.91. The van der Waals surface area contributed by atoms with Crippen LogP contribution in [0.3, 0.4) is 0 Å². The number of hydrogen-bond acceptors (Lipinski definition) is 4. The Morgan fingerprint density at radius 1 is 1.35 bits per heavy atom. The third-order valence-corrected chi connectivity index (χ3v) is 3.83. The van der Waals surface area contributed by atoms with Gasteiger partial charge in [-0.25, -0.2) is 8.42 Å². The maximum absolute atomic E-state index is 11.4. The molecule has 0 bridgehead atoms. The minimum Gasteiger partial charge on any atom is -0.453 e. The second-order valence-electron chi connectivity index (χ2n) is 3.73. The van der Waals surface area contributed by atoms with Crippen molar-refractivity contribution in [3.63, 3.8) is 0 Å². The number of fused-ring (bicyclic) bond motifs is 1. The lowest BCUT2D eigenvalue weighted by Gasteiger charge is -1.99. The number of carbonyl (C=O) groups is 1. The first kappa shape index (κ1) is 12.1. The first-order valence-electron chi connectivity index (χ1n) is 4.79. The summed E-state index contributed by atoms with van der Waals surface area (Å²) in [6.45, 7) is 3.11. The summed E-state index contributed by atoms with van der Waals surface area (Å²) in [5.41, 5.74) is 1.12. The molecule has 0 aliphatic carbocycles. The third-order valence-electron chi connectivity index (χ3n) is 2.45. The first-order chi connectivity index (χ1) is 7.80.